The standard InChI is InChI=1S/2C13H9.C2H6Si.2ClH.Ti/c2*1-3-7-12-10(5-1)9-11-6-2-4-8-13(11)12;1-3-2;;;/h2*1-9H;1-2H3;2*1H;/q2*-1;;;;+2. The van der Waals surface area contributed by atoms with Crippen molar-refractivity contribution in [2.24, 2.45) is 0 Å². The van der Waals surface area contributed by atoms with Crippen LogP contribution in [0.2, 0.25) is 13.1 Å². The minimum atomic E-state index is 0. The summed E-state index contributed by atoms with van der Waals surface area (Å²) in [5, 5.41) is 10.8. The predicted molar refractivity (Wildman–Crippen MR) is 146 cm³/mol. The molecule has 0 aromatic heterocycles. The minimum absolute atomic E-state index is 0. The van der Waals surface area contributed by atoms with Gasteiger partial charge < -0.3 is 0 Å². The van der Waals surface area contributed by atoms with Crippen LogP contribution in [0.25, 0.3) is 43.1 Å². The van der Waals surface area contributed by atoms with Crippen molar-refractivity contribution in [3.63, 3.8) is 0 Å². The third-order valence-electron chi connectivity index (χ3n) is 5.05. The largest absolute Gasteiger partial charge is 2.00 e. The SMILES string of the molecule is C[Si]C.Cl.Cl.[Ti+2].c1ccc2c(c1)[cH-]c1ccccc12.c1ccc2c(c1)[cH-]c1ccccc12. The first-order valence-electron chi connectivity index (χ1n) is 9.96. The minimum Gasteiger partial charge on any atom is -0.147 e. The van der Waals surface area contributed by atoms with E-state index in [1.165, 1.54) is 43.1 Å². The van der Waals surface area contributed by atoms with E-state index in [0.29, 0.717) is 0 Å². The van der Waals surface area contributed by atoms with Crippen molar-refractivity contribution in [1.29, 1.82) is 0 Å². The topological polar surface area (TPSA) is 0 Å². The molecule has 0 nitrogen and oxygen atoms in total. The van der Waals surface area contributed by atoms with Gasteiger partial charge in [0.25, 0.3) is 0 Å². The Kier molecular flexibility index (Phi) is 12.0. The van der Waals surface area contributed by atoms with Crippen LogP contribution in [0, 0.1) is 0 Å². The fourth-order valence-corrected chi connectivity index (χ4v) is 3.81. The zero-order valence-corrected chi connectivity index (χ0v) is 22.4. The van der Waals surface area contributed by atoms with E-state index >= 15 is 0 Å². The van der Waals surface area contributed by atoms with Crippen molar-refractivity contribution in [3.05, 3.63) is 109 Å². The van der Waals surface area contributed by atoms with Gasteiger partial charge in [0.05, 0.1) is 0 Å². The molecule has 0 fully saturated rings. The van der Waals surface area contributed by atoms with Crippen LogP contribution < -0.4 is 0 Å². The van der Waals surface area contributed by atoms with E-state index in [4.69, 9.17) is 0 Å². The van der Waals surface area contributed by atoms with Crippen LogP contribution in [-0.4, -0.2) is 9.52 Å². The van der Waals surface area contributed by atoms with Crippen molar-refractivity contribution in [3.8, 4) is 0 Å². The van der Waals surface area contributed by atoms with E-state index in [1.807, 2.05) is 0 Å². The fraction of sp³-hybridized carbons (Fsp3) is 0.0714. The van der Waals surface area contributed by atoms with E-state index < -0.39 is 0 Å². The van der Waals surface area contributed by atoms with Gasteiger partial charge in [-0.25, -0.2) is 0 Å². The van der Waals surface area contributed by atoms with Gasteiger partial charge in [0.15, 0.2) is 0 Å². The number of hydrogen-bond donors (Lipinski definition) is 0. The second kappa shape index (κ2) is 13.6. The summed E-state index contributed by atoms with van der Waals surface area (Å²) >= 11 is 0. The number of hydrogen-bond acceptors (Lipinski definition) is 0. The molecule has 0 amide bonds. The van der Waals surface area contributed by atoms with E-state index in [1.54, 1.807) is 0 Å². The number of rotatable bonds is 0. The third-order valence-corrected chi connectivity index (χ3v) is 5.05. The summed E-state index contributed by atoms with van der Waals surface area (Å²) in [4.78, 5) is 0. The summed E-state index contributed by atoms with van der Waals surface area (Å²) in [5.41, 5.74) is 0. The molecule has 0 spiro atoms. The summed E-state index contributed by atoms with van der Waals surface area (Å²) in [7, 11) is 1.08. The second-order valence-electron chi connectivity index (χ2n) is 7.14. The quantitative estimate of drug-likeness (QED) is 0.142. The van der Waals surface area contributed by atoms with Gasteiger partial charge >= 0.3 is 21.7 Å². The molecule has 2 radical (unpaired) electrons. The molecule has 32 heavy (non-hydrogen) atoms. The van der Waals surface area contributed by atoms with Gasteiger partial charge in [-0.05, 0) is 0 Å². The van der Waals surface area contributed by atoms with Crippen LogP contribution in [0.4, 0.5) is 0 Å². The molecule has 6 aromatic carbocycles. The van der Waals surface area contributed by atoms with Crippen LogP contribution in [-0.2, 0) is 21.7 Å². The molecule has 0 bridgehead atoms. The molecule has 0 saturated carbocycles. The van der Waals surface area contributed by atoms with Crippen LogP contribution >= 0.6 is 24.8 Å². The predicted octanol–water partition coefficient (Wildman–Crippen LogP) is 9.05. The maximum Gasteiger partial charge on any atom is 2.00 e. The number of fused-ring (bicyclic) bond motifs is 6. The Morgan fingerprint density at radius 1 is 0.438 bits per heavy atom. The molecule has 0 aliphatic heterocycles. The average molecular weight is 509 g/mol. The first kappa shape index (κ1) is 28.2. The molecule has 160 valence electrons. The zero-order chi connectivity index (χ0) is 20.1. The average Bonchev–Trinajstić information content (AvgIpc) is 3.33. The monoisotopic (exact) mass is 508 g/mol. The Balaban J connectivity index is 0.000000264. The fourth-order valence-electron chi connectivity index (χ4n) is 3.81. The van der Waals surface area contributed by atoms with Crippen LogP contribution in [0.5, 0.6) is 0 Å². The molecule has 0 heterocycles. The molecule has 4 heteroatoms. The van der Waals surface area contributed by atoms with Crippen molar-refractivity contribution < 1.29 is 21.7 Å². The summed E-state index contributed by atoms with van der Waals surface area (Å²) in [6.07, 6.45) is 0. The van der Waals surface area contributed by atoms with Crippen LogP contribution in [0.15, 0.2) is 109 Å². The van der Waals surface area contributed by atoms with Gasteiger partial charge in [-0.2, -0.15) is 0 Å². The Bertz CT molecular complexity index is 1160. The van der Waals surface area contributed by atoms with Crippen molar-refractivity contribution in [2.45, 2.75) is 13.1 Å². The Labute approximate surface area is 220 Å². The van der Waals surface area contributed by atoms with Gasteiger partial charge in [-0.15, -0.1) is 104 Å². The van der Waals surface area contributed by atoms with E-state index in [-0.39, 0.29) is 46.5 Å². The van der Waals surface area contributed by atoms with Crippen molar-refractivity contribution >= 4 is 77.4 Å². The van der Waals surface area contributed by atoms with Crippen LogP contribution in [0.3, 0.4) is 0 Å². The zero-order valence-electron chi connectivity index (χ0n) is 18.2. The van der Waals surface area contributed by atoms with Crippen LogP contribution in [0.1, 0.15) is 0 Å². The van der Waals surface area contributed by atoms with Gasteiger partial charge in [0.2, 0.25) is 0 Å². The van der Waals surface area contributed by atoms with E-state index in [2.05, 4.69) is 122 Å². The molecular formula is C28H26Cl2SiTi. The van der Waals surface area contributed by atoms with Gasteiger partial charge in [0.1, 0.15) is 0 Å². The first-order chi connectivity index (χ1) is 14.3. The smallest absolute Gasteiger partial charge is 0.147 e. The molecule has 0 aliphatic carbocycles. The first-order valence-corrected chi connectivity index (χ1v) is 12.0. The molecule has 0 N–H and O–H groups in total. The van der Waals surface area contributed by atoms with Gasteiger partial charge in [0, 0.05) is 9.52 Å². The van der Waals surface area contributed by atoms with E-state index in [9.17, 15) is 0 Å². The second-order valence-corrected chi connectivity index (χ2v) is 8.14. The molecule has 0 unspecified atom stereocenters. The number of halogens is 2. The maximum atomic E-state index is 2.24. The maximum absolute atomic E-state index is 2.24. The third kappa shape index (κ3) is 6.13. The Morgan fingerprint density at radius 3 is 0.844 bits per heavy atom. The normalized spacial score (nSPS) is 9.56. The Morgan fingerprint density at radius 2 is 0.625 bits per heavy atom. The van der Waals surface area contributed by atoms with Crippen molar-refractivity contribution in [1.82, 2.24) is 0 Å². The molecule has 0 saturated heterocycles. The van der Waals surface area contributed by atoms with Gasteiger partial charge in [-0.1, -0.05) is 85.9 Å². The summed E-state index contributed by atoms with van der Waals surface area (Å²) in [5.74, 6) is 0. The summed E-state index contributed by atoms with van der Waals surface area (Å²) in [6.45, 7) is 4.31. The summed E-state index contributed by atoms with van der Waals surface area (Å²) < 4.78 is 0. The molecule has 6 rings (SSSR count). The summed E-state index contributed by atoms with van der Waals surface area (Å²) in [6, 6.07) is 38.5. The number of benzene rings is 4. The molecule has 6 aromatic rings. The molecule has 0 atom stereocenters. The van der Waals surface area contributed by atoms with Gasteiger partial charge in [-0.3, -0.25) is 0 Å². The molecular weight excluding hydrogens is 483 g/mol. The Hall–Kier alpha value is -1.87. The van der Waals surface area contributed by atoms with E-state index in [0.717, 1.165) is 9.52 Å². The molecule has 0 aliphatic rings. The van der Waals surface area contributed by atoms with Crippen molar-refractivity contribution in [2.75, 3.05) is 0 Å².